The van der Waals surface area contributed by atoms with Crippen LogP contribution < -0.4 is 0 Å². The average molecular weight is 483 g/mol. The summed E-state index contributed by atoms with van der Waals surface area (Å²) >= 11 is 0. The summed E-state index contributed by atoms with van der Waals surface area (Å²) < 4.78 is 9.70. The first-order valence-electron chi connectivity index (χ1n) is 13.5. The van der Waals surface area contributed by atoms with E-state index in [0.717, 1.165) is 36.3 Å². The van der Waals surface area contributed by atoms with Crippen LogP contribution in [0.25, 0.3) is 10.4 Å². The largest absolute Gasteiger partial charge is 0.251 e. The van der Waals surface area contributed by atoms with Gasteiger partial charge in [0.25, 0.3) is 0 Å². The quantitative estimate of drug-likeness (QED) is 0.158. The Morgan fingerprint density at radius 1 is 0.500 bits per heavy atom. The first-order chi connectivity index (χ1) is 15.3. The summed E-state index contributed by atoms with van der Waals surface area (Å²) in [5.41, 5.74) is 12.2. The van der Waals surface area contributed by atoms with E-state index >= 15 is 0 Å². The minimum absolute atomic E-state index is 0. The van der Waals surface area contributed by atoms with Crippen molar-refractivity contribution in [3.8, 4) is 0 Å². The summed E-state index contributed by atoms with van der Waals surface area (Å²) in [7, 11) is -0.215. The highest BCUT2D eigenvalue weighted by Gasteiger charge is 2.52. The van der Waals surface area contributed by atoms with Gasteiger partial charge < -0.3 is 0 Å². The standard InChI is InChI=1S/C24H42N3P.ClH.HN3/c1-7-19(8-1)25(20-9-2-10-20)28(26(21-11-3-12-21)22-13-4-14-22)27(23-15-5-16-23)24-17-6-18-24;;1-3-2/h19-24H,1-18H2;1H;1H. The molecule has 0 saturated heterocycles. The Bertz CT molecular complexity index is 504. The molecule has 0 radical (unpaired) electrons. The summed E-state index contributed by atoms with van der Waals surface area (Å²) in [6.07, 6.45) is 27.0. The van der Waals surface area contributed by atoms with Gasteiger partial charge in [0, 0.05) is 36.3 Å². The van der Waals surface area contributed by atoms with E-state index in [0.29, 0.717) is 0 Å². The molecule has 0 unspecified atom stereocenters. The van der Waals surface area contributed by atoms with Crippen LogP contribution in [0.1, 0.15) is 116 Å². The van der Waals surface area contributed by atoms with Gasteiger partial charge in [0.05, 0.1) is 0 Å². The molecule has 6 saturated carbocycles. The first-order valence-corrected chi connectivity index (χ1v) is 14.7. The molecule has 0 aromatic rings. The van der Waals surface area contributed by atoms with Crippen molar-refractivity contribution in [2.75, 3.05) is 0 Å². The van der Waals surface area contributed by atoms with E-state index in [1.165, 1.54) is 116 Å². The summed E-state index contributed by atoms with van der Waals surface area (Å²) in [6, 6.07) is 5.59. The van der Waals surface area contributed by atoms with Crippen molar-refractivity contribution in [3.63, 3.8) is 0 Å². The lowest BCUT2D eigenvalue weighted by Gasteiger charge is -2.63. The van der Waals surface area contributed by atoms with E-state index in [-0.39, 0.29) is 20.8 Å². The van der Waals surface area contributed by atoms with Gasteiger partial charge in [-0.05, 0) is 87.5 Å². The fourth-order valence-corrected chi connectivity index (χ4v) is 9.89. The second kappa shape index (κ2) is 11.6. The third-order valence-corrected chi connectivity index (χ3v) is 12.5. The molecule has 32 heavy (non-hydrogen) atoms. The normalized spacial score (nSPS) is 27.2. The number of nitrogens with zero attached hydrogens (tertiary/aromatic N) is 5. The molecule has 6 aliphatic carbocycles. The molecule has 1 N–H and O–H groups in total. The van der Waals surface area contributed by atoms with Crippen molar-refractivity contribution in [2.45, 2.75) is 152 Å². The van der Waals surface area contributed by atoms with E-state index in [2.05, 4.69) is 14.0 Å². The van der Waals surface area contributed by atoms with Gasteiger partial charge >= 0.3 is 0 Å². The van der Waals surface area contributed by atoms with Crippen molar-refractivity contribution >= 4 is 20.8 Å². The molecular weight excluding hydrogens is 439 g/mol. The predicted octanol–water partition coefficient (Wildman–Crippen LogP) is 7.73. The van der Waals surface area contributed by atoms with Gasteiger partial charge in [0.15, 0.2) is 0 Å². The molecule has 0 aliphatic heterocycles. The van der Waals surface area contributed by atoms with Crippen molar-refractivity contribution in [3.05, 3.63) is 10.4 Å². The molecular formula is C24H44ClN6P. The highest BCUT2D eigenvalue weighted by molar-refractivity contribution is 7.50. The summed E-state index contributed by atoms with van der Waals surface area (Å²) in [5.74, 6) is 0. The molecule has 6 aliphatic rings. The van der Waals surface area contributed by atoms with E-state index in [9.17, 15) is 0 Å². The fraction of sp³-hybridized carbons (Fsp3) is 1.00. The Morgan fingerprint density at radius 2 is 0.656 bits per heavy atom. The van der Waals surface area contributed by atoms with Gasteiger partial charge in [-0.2, -0.15) is 0 Å². The molecule has 0 spiro atoms. The molecule has 0 heterocycles. The second-order valence-electron chi connectivity index (χ2n) is 11.0. The molecule has 6 rings (SSSR count). The molecule has 182 valence electrons. The molecule has 6 nitrogen and oxygen atoms in total. The number of hydrogen-bond donors (Lipinski definition) is 1. The summed E-state index contributed by atoms with van der Waals surface area (Å²) in [5, 5.41) is 0. The van der Waals surface area contributed by atoms with Crippen LogP contribution in [-0.2, 0) is 0 Å². The summed E-state index contributed by atoms with van der Waals surface area (Å²) in [6.45, 7) is 0. The van der Waals surface area contributed by atoms with Gasteiger partial charge in [-0.15, -0.1) is 17.9 Å². The fourth-order valence-electron chi connectivity index (χ4n) is 6.04. The van der Waals surface area contributed by atoms with Gasteiger partial charge in [-0.25, -0.2) is 0 Å². The number of halogens is 1. The average Bonchev–Trinajstić information content (AvgIpc) is 2.45. The predicted molar refractivity (Wildman–Crippen MR) is 135 cm³/mol. The summed E-state index contributed by atoms with van der Waals surface area (Å²) in [4.78, 5) is 1.75. The van der Waals surface area contributed by atoms with E-state index in [1.807, 2.05) is 0 Å². The molecule has 0 aromatic carbocycles. The number of nitrogens with one attached hydrogen (secondary N) is 1. The van der Waals surface area contributed by atoms with Crippen molar-refractivity contribution in [1.29, 1.82) is 5.53 Å². The maximum Gasteiger partial charge on any atom is 0.121 e. The Hall–Kier alpha value is -0.0900. The lowest BCUT2D eigenvalue weighted by Crippen LogP contribution is -2.60. The van der Waals surface area contributed by atoms with E-state index in [4.69, 9.17) is 11.1 Å². The maximum atomic E-state index is 6.86. The van der Waals surface area contributed by atoms with Crippen LogP contribution in [0.15, 0.2) is 0 Å². The zero-order valence-electron chi connectivity index (χ0n) is 19.8. The van der Waals surface area contributed by atoms with Crippen LogP contribution in [0.3, 0.4) is 0 Å². The van der Waals surface area contributed by atoms with Crippen molar-refractivity contribution in [2.24, 2.45) is 0 Å². The first kappa shape index (κ1) is 25.0. The maximum absolute atomic E-state index is 6.86. The van der Waals surface area contributed by atoms with Gasteiger partial charge in [0.2, 0.25) is 0 Å². The lowest BCUT2D eigenvalue weighted by atomic mass is 9.87. The molecule has 0 aromatic heterocycles. The zero-order chi connectivity index (χ0) is 21.2. The smallest absolute Gasteiger partial charge is 0.121 e. The molecule has 0 bridgehead atoms. The number of hydrogen-bond acceptors (Lipinski definition) is 4. The molecule has 0 amide bonds. The van der Waals surface area contributed by atoms with Crippen molar-refractivity contribution in [1.82, 2.24) is 14.0 Å². The molecule has 0 atom stereocenters. The van der Waals surface area contributed by atoms with E-state index in [1.54, 1.807) is 4.91 Å². The lowest BCUT2D eigenvalue weighted by molar-refractivity contribution is 0.0455. The topological polar surface area (TPSA) is 70.0 Å². The van der Waals surface area contributed by atoms with Crippen LogP contribution in [0.5, 0.6) is 0 Å². The highest BCUT2D eigenvalue weighted by atomic mass is 35.5. The Labute approximate surface area is 202 Å². The minimum atomic E-state index is -0.215. The highest BCUT2D eigenvalue weighted by Crippen LogP contribution is 2.64. The molecule has 6 fully saturated rings. The van der Waals surface area contributed by atoms with Crippen LogP contribution in [-0.4, -0.2) is 50.3 Å². The van der Waals surface area contributed by atoms with Crippen molar-refractivity contribution < 1.29 is 0 Å². The van der Waals surface area contributed by atoms with Crippen LogP contribution in [0, 0.1) is 5.53 Å². The van der Waals surface area contributed by atoms with Gasteiger partial charge in [-0.1, -0.05) is 38.5 Å². The monoisotopic (exact) mass is 482 g/mol. The number of rotatable bonds is 9. The van der Waals surface area contributed by atoms with Gasteiger partial charge in [0.1, 0.15) is 8.37 Å². The van der Waals surface area contributed by atoms with Crippen LogP contribution in [0.2, 0.25) is 0 Å². The Kier molecular flexibility index (Phi) is 9.04. The second-order valence-corrected chi connectivity index (χ2v) is 12.9. The molecule has 8 heteroatoms. The Balaban J connectivity index is 0.000000582. The third-order valence-electron chi connectivity index (χ3n) is 9.31. The Morgan fingerprint density at radius 3 is 0.750 bits per heavy atom. The SMILES string of the molecule is C1CC(N(C2CCC2)P(N(C2CCC2)C2CCC2)N(C2CCC2)C2CCC2)C1.Cl.[N-]=[N+]=N. The van der Waals surface area contributed by atoms with Gasteiger partial charge in [-0.3, -0.25) is 14.0 Å². The van der Waals surface area contributed by atoms with Crippen LogP contribution in [0.4, 0.5) is 0 Å². The third kappa shape index (κ3) is 4.83. The van der Waals surface area contributed by atoms with Crippen LogP contribution >= 0.6 is 20.8 Å². The minimum Gasteiger partial charge on any atom is -0.251 e. The van der Waals surface area contributed by atoms with E-state index < -0.39 is 0 Å². The zero-order valence-corrected chi connectivity index (χ0v) is 21.5.